The first-order valence-electron chi connectivity index (χ1n) is 4.81. The molecule has 0 aromatic heterocycles. The second-order valence-corrected chi connectivity index (χ2v) is 4.34. The second-order valence-electron chi connectivity index (χ2n) is 3.18. The molecule has 0 saturated carbocycles. The van der Waals surface area contributed by atoms with Crippen LogP contribution in [0.1, 0.15) is 6.42 Å². The Labute approximate surface area is 109 Å². The molecule has 0 aromatic rings. The highest BCUT2D eigenvalue weighted by Crippen LogP contribution is 2.29. The zero-order valence-electron chi connectivity index (χ0n) is 9.36. The van der Waals surface area contributed by atoms with Gasteiger partial charge in [0.15, 0.2) is 0 Å². The lowest BCUT2D eigenvalue weighted by Gasteiger charge is -2.13. The molecule has 0 aliphatic rings. The molecule has 0 spiro atoms. The average Bonchev–Trinajstić information content (AvgIpc) is 2.21. The minimum absolute atomic E-state index is 0.338. The van der Waals surface area contributed by atoms with Gasteiger partial charge in [0.25, 0.3) is 0 Å². The van der Waals surface area contributed by atoms with Crippen molar-refractivity contribution in [2.75, 3.05) is 12.3 Å². The Kier molecular flexibility index (Phi) is 7.04. The minimum atomic E-state index is -4.41. The van der Waals surface area contributed by atoms with Crippen LogP contribution in [0.5, 0.6) is 0 Å². The van der Waals surface area contributed by atoms with Gasteiger partial charge >= 0.3 is 23.5 Å². The number of rotatable bonds is 7. The maximum atomic E-state index is 11.7. The summed E-state index contributed by atoms with van der Waals surface area (Å²) in [5.74, 6) is -3.42. The third kappa shape index (κ3) is 10.00. The highest BCUT2D eigenvalue weighted by atomic mass is 32.2. The van der Waals surface area contributed by atoms with Crippen LogP contribution < -0.4 is 10.6 Å². The molecule has 7 nitrogen and oxygen atoms in total. The number of carboxylic acids is 2. The summed E-state index contributed by atoms with van der Waals surface area (Å²) < 4.78 is 35.2. The van der Waals surface area contributed by atoms with Crippen molar-refractivity contribution in [3.8, 4) is 0 Å². The molecule has 0 unspecified atom stereocenters. The van der Waals surface area contributed by atoms with E-state index >= 15 is 0 Å². The maximum Gasteiger partial charge on any atom is 0.441 e. The van der Waals surface area contributed by atoms with Gasteiger partial charge in [-0.1, -0.05) is 0 Å². The number of aliphatic carboxylic acids is 2. The summed E-state index contributed by atoms with van der Waals surface area (Å²) in [5.41, 5.74) is -4.41. The Morgan fingerprint density at radius 1 is 1.21 bits per heavy atom. The molecule has 0 aliphatic heterocycles. The number of nitrogens with one attached hydrogen (secondary N) is 2. The van der Waals surface area contributed by atoms with Gasteiger partial charge in [0.2, 0.25) is 0 Å². The number of hydrogen-bond acceptors (Lipinski definition) is 4. The molecule has 0 saturated heterocycles. The first-order chi connectivity index (χ1) is 8.61. The van der Waals surface area contributed by atoms with Crippen molar-refractivity contribution in [2.45, 2.75) is 18.0 Å². The Balaban J connectivity index is 4.00. The molecule has 110 valence electrons. The van der Waals surface area contributed by atoms with Crippen LogP contribution in [-0.4, -0.2) is 52.0 Å². The van der Waals surface area contributed by atoms with Crippen LogP contribution in [0.2, 0.25) is 0 Å². The lowest BCUT2D eigenvalue weighted by atomic mass is 10.2. The summed E-state index contributed by atoms with van der Waals surface area (Å²) in [6.07, 6.45) is -0.833. The summed E-state index contributed by atoms with van der Waals surface area (Å²) in [5, 5.41) is 20.8. The second kappa shape index (κ2) is 7.71. The van der Waals surface area contributed by atoms with Gasteiger partial charge in [0, 0.05) is 12.3 Å². The summed E-state index contributed by atoms with van der Waals surface area (Å²) in [6, 6.07) is -2.69. The molecule has 0 aromatic carbocycles. The van der Waals surface area contributed by atoms with Crippen molar-refractivity contribution in [1.82, 2.24) is 10.6 Å². The molecular weight excluding hydrogens is 293 g/mol. The number of amides is 2. The topological polar surface area (TPSA) is 116 Å². The molecule has 0 radical (unpaired) electrons. The molecule has 0 fully saturated rings. The number of carbonyl (C=O) groups excluding carboxylic acids is 1. The molecular formula is C8H11F3N2O5S. The van der Waals surface area contributed by atoms with Crippen molar-refractivity contribution in [3.05, 3.63) is 0 Å². The molecule has 4 N–H and O–H groups in total. The molecule has 0 rings (SSSR count). The molecule has 19 heavy (non-hydrogen) atoms. The molecule has 0 heterocycles. The van der Waals surface area contributed by atoms with Crippen LogP contribution in [0, 0.1) is 0 Å². The summed E-state index contributed by atoms with van der Waals surface area (Å²) in [6.45, 7) is -0.338. The standard InChI is InChI=1S/C8H11F3N2O5S/c9-8(10,11)19-2-1-12-7(18)13-4(6(16)17)3-5(14)15/h4H,1-3H2,(H,14,15)(H,16,17)(H2,12,13,18)/t4-/m0/s1. The van der Waals surface area contributed by atoms with E-state index in [1.54, 1.807) is 0 Å². The molecule has 0 bridgehead atoms. The van der Waals surface area contributed by atoms with E-state index < -0.39 is 41.7 Å². The number of urea groups is 1. The summed E-state index contributed by atoms with van der Waals surface area (Å²) >= 11 is -0.342. The van der Waals surface area contributed by atoms with Crippen LogP contribution in [0.25, 0.3) is 0 Å². The van der Waals surface area contributed by atoms with Crippen molar-refractivity contribution in [3.63, 3.8) is 0 Å². The minimum Gasteiger partial charge on any atom is -0.481 e. The Morgan fingerprint density at radius 2 is 1.79 bits per heavy atom. The normalized spacial score (nSPS) is 12.6. The van der Waals surface area contributed by atoms with E-state index in [1.807, 2.05) is 10.6 Å². The third-order valence-electron chi connectivity index (χ3n) is 1.64. The molecule has 1 atom stereocenters. The van der Waals surface area contributed by atoms with E-state index in [2.05, 4.69) is 0 Å². The zero-order valence-corrected chi connectivity index (χ0v) is 10.2. The van der Waals surface area contributed by atoms with E-state index in [0.717, 1.165) is 0 Å². The fraction of sp³-hybridized carbons (Fsp3) is 0.625. The van der Waals surface area contributed by atoms with Crippen LogP contribution in [0.4, 0.5) is 18.0 Å². The third-order valence-corrected chi connectivity index (χ3v) is 2.37. The number of thioether (sulfide) groups is 1. The van der Waals surface area contributed by atoms with Gasteiger partial charge in [-0.15, -0.1) is 0 Å². The SMILES string of the molecule is O=C(O)C[C@H](NC(=O)NCCSC(F)(F)F)C(=O)O. The van der Waals surface area contributed by atoms with Gasteiger partial charge in [-0.05, 0) is 11.8 Å². The molecule has 0 aliphatic carbocycles. The van der Waals surface area contributed by atoms with Gasteiger partial charge in [-0.3, -0.25) is 4.79 Å². The number of hydrogen-bond donors (Lipinski definition) is 4. The van der Waals surface area contributed by atoms with Crippen molar-refractivity contribution >= 4 is 29.7 Å². The smallest absolute Gasteiger partial charge is 0.441 e. The lowest BCUT2D eigenvalue weighted by Crippen LogP contribution is -2.47. The Bertz CT molecular complexity index is 350. The van der Waals surface area contributed by atoms with Gasteiger partial charge in [-0.2, -0.15) is 13.2 Å². The van der Waals surface area contributed by atoms with Crippen LogP contribution in [0.15, 0.2) is 0 Å². The fourth-order valence-electron chi connectivity index (χ4n) is 0.915. The predicted octanol–water partition coefficient (Wildman–Crippen LogP) is 0.467. The quantitative estimate of drug-likeness (QED) is 0.508. The van der Waals surface area contributed by atoms with Gasteiger partial charge in [-0.25, -0.2) is 9.59 Å². The largest absolute Gasteiger partial charge is 0.481 e. The van der Waals surface area contributed by atoms with Crippen molar-refractivity contribution in [1.29, 1.82) is 0 Å². The predicted molar refractivity (Wildman–Crippen MR) is 58.7 cm³/mol. The zero-order chi connectivity index (χ0) is 15.1. The monoisotopic (exact) mass is 304 g/mol. The van der Waals surface area contributed by atoms with Crippen molar-refractivity contribution < 1.29 is 37.8 Å². The first kappa shape index (κ1) is 17.4. The number of halogens is 3. The van der Waals surface area contributed by atoms with E-state index in [9.17, 15) is 27.6 Å². The highest BCUT2D eigenvalue weighted by molar-refractivity contribution is 8.00. The van der Waals surface area contributed by atoms with Crippen LogP contribution >= 0.6 is 11.8 Å². The number of alkyl halides is 3. The number of carbonyl (C=O) groups is 3. The number of carboxylic acid groups (broad SMARTS) is 2. The van der Waals surface area contributed by atoms with Crippen LogP contribution in [0.3, 0.4) is 0 Å². The van der Waals surface area contributed by atoms with Crippen molar-refractivity contribution in [2.24, 2.45) is 0 Å². The summed E-state index contributed by atoms with van der Waals surface area (Å²) in [7, 11) is 0. The van der Waals surface area contributed by atoms with Gasteiger partial charge < -0.3 is 20.8 Å². The maximum absolute atomic E-state index is 11.7. The van der Waals surface area contributed by atoms with E-state index in [0.29, 0.717) is 0 Å². The summed E-state index contributed by atoms with van der Waals surface area (Å²) in [4.78, 5) is 32.0. The van der Waals surface area contributed by atoms with Gasteiger partial charge in [0.05, 0.1) is 6.42 Å². The Morgan fingerprint density at radius 3 is 2.21 bits per heavy atom. The molecule has 11 heteroatoms. The highest BCUT2D eigenvalue weighted by Gasteiger charge is 2.27. The lowest BCUT2D eigenvalue weighted by molar-refractivity contribution is -0.145. The first-order valence-corrected chi connectivity index (χ1v) is 5.80. The Hall–Kier alpha value is -1.65. The van der Waals surface area contributed by atoms with E-state index in [4.69, 9.17) is 10.2 Å². The van der Waals surface area contributed by atoms with Crippen LogP contribution in [-0.2, 0) is 9.59 Å². The molecule has 2 amide bonds. The average molecular weight is 304 g/mol. The fourth-order valence-corrected chi connectivity index (χ4v) is 1.35. The van der Waals surface area contributed by atoms with E-state index in [-0.39, 0.29) is 18.3 Å². The van der Waals surface area contributed by atoms with E-state index in [1.165, 1.54) is 0 Å². The van der Waals surface area contributed by atoms with Gasteiger partial charge in [0.1, 0.15) is 6.04 Å².